The minimum Gasteiger partial charge on any atom is -0.444 e. The summed E-state index contributed by atoms with van der Waals surface area (Å²) in [4.78, 5) is 21.5. The van der Waals surface area contributed by atoms with E-state index in [0.717, 1.165) is 0 Å². The van der Waals surface area contributed by atoms with Gasteiger partial charge in [0, 0.05) is 6.07 Å². The van der Waals surface area contributed by atoms with Crippen molar-refractivity contribution in [2.75, 3.05) is 5.32 Å². The number of nitro benzene ring substituents is 1. The van der Waals surface area contributed by atoms with Gasteiger partial charge < -0.3 is 9.73 Å². The molecule has 0 radical (unpaired) electrons. The smallest absolute Gasteiger partial charge is 0.298 e. The third-order valence-corrected chi connectivity index (χ3v) is 2.69. The zero-order valence-corrected chi connectivity index (χ0v) is 11.1. The highest BCUT2D eigenvalue weighted by Crippen LogP contribution is 2.29. The van der Waals surface area contributed by atoms with Gasteiger partial charge in [0.05, 0.1) is 11.0 Å². The summed E-state index contributed by atoms with van der Waals surface area (Å²) >= 11 is 2.97. The maximum Gasteiger partial charge on any atom is 0.298 e. The average molecular weight is 347 g/mol. The number of amides is 1. The number of nitrogens with zero attached hydrogens (tertiary/aromatic N) is 1. The number of furan rings is 1. The molecule has 0 saturated heterocycles. The van der Waals surface area contributed by atoms with Gasteiger partial charge in [0.1, 0.15) is 5.82 Å². The van der Waals surface area contributed by atoms with E-state index in [1.165, 1.54) is 12.1 Å². The van der Waals surface area contributed by atoms with E-state index in [1.807, 2.05) is 5.32 Å². The van der Waals surface area contributed by atoms with Crippen LogP contribution in [0, 0.1) is 21.7 Å². The normalized spacial score (nSPS) is 10.3. The van der Waals surface area contributed by atoms with Gasteiger partial charge in [-0.05, 0) is 28.1 Å². The van der Waals surface area contributed by atoms with Gasteiger partial charge in [-0.2, -0.15) is 0 Å². The van der Waals surface area contributed by atoms with Crippen LogP contribution in [0.3, 0.4) is 0 Å². The number of nitro groups is 1. The topological polar surface area (TPSA) is 85.4 Å². The van der Waals surface area contributed by atoms with Crippen molar-refractivity contribution in [2.24, 2.45) is 0 Å². The van der Waals surface area contributed by atoms with E-state index in [2.05, 4.69) is 15.9 Å². The molecule has 1 N–H and O–H groups in total. The lowest BCUT2D eigenvalue weighted by molar-refractivity contribution is -0.384. The number of nitrogens with one attached hydrogen (secondary N) is 1. The first-order chi connectivity index (χ1) is 9.38. The van der Waals surface area contributed by atoms with Crippen molar-refractivity contribution in [1.29, 1.82) is 0 Å². The molecule has 6 nitrogen and oxygen atoms in total. The maximum absolute atomic E-state index is 13.6. The van der Waals surface area contributed by atoms with Crippen LogP contribution in [0.4, 0.5) is 20.2 Å². The largest absolute Gasteiger partial charge is 0.444 e. The fraction of sp³-hybridized carbons (Fsp3) is 0. The Morgan fingerprint density at radius 3 is 2.60 bits per heavy atom. The molecule has 0 bridgehead atoms. The predicted octanol–water partition coefficient (Wildman–Crippen LogP) is 3.48. The summed E-state index contributed by atoms with van der Waals surface area (Å²) in [6.07, 6.45) is 0. The molecule has 1 amide bonds. The SMILES string of the molecule is O=C(Nc1c(F)cc(F)cc1[N+](=O)[O-])c1ccc(Br)o1. The standard InChI is InChI=1S/C11H5BrF2N2O4/c12-9-2-1-8(20-9)11(17)15-10-6(14)3-5(13)4-7(10)16(18)19/h1-4H,(H,15,17). The van der Waals surface area contributed by atoms with E-state index in [9.17, 15) is 23.7 Å². The number of benzene rings is 1. The van der Waals surface area contributed by atoms with Crippen molar-refractivity contribution in [3.63, 3.8) is 0 Å². The zero-order chi connectivity index (χ0) is 14.9. The third kappa shape index (κ3) is 2.82. The number of anilines is 1. The van der Waals surface area contributed by atoms with Gasteiger partial charge in [0.15, 0.2) is 21.9 Å². The Bertz CT molecular complexity index is 702. The second-order valence-corrected chi connectivity index (χ2v) is 4.38. The Kier molecular flexibility index (Phi) is 3.79. The number of rotatable bonds is 3. The lowest BCUT2D eigenvalue weighted by atomic mass is 10.2. The first kappa shape index (κ1) is 14.1. The Hall–Kier alpha value is -2.29. The fourth-order valence-electron chi connectivity index (χ4n) is 1.44. The molecular weight excluding hydrogens is 342 g/mol. The van der Waals surface area contributed by atoms with Gasteiger partial charge >= 0.3 is 0 Å². The van der Waals surface area contributed by atoms with E-state index in [1.54, 1.807) is 0 Å². The molecule has 2 aromatic rings. The number of carbonyl (C=O) groups excluding carboxylic acids is 1. The lowest BCUT2D eigenvalue weighted by Crippen LogP contribution is -2.14. The van der Waals surface area contributed by atoms with Crippen LogP contribution < -0.4 is 5.32 Å². The summed E-state index contributed by atoms with van der Waals surface area (Å²) in [5, 5.41) is 12.7. The third-order valence-electron chi connectivity index (χ3n) is 2.27. The Morgan fingerprint density at radius 1 is 1.35 bits per heavy atom. The van der Waals surface area contributed by atoms with Crippen LogP contribution in [0.1, 0.15) is 10.6 Å². The molecule has 0 atom stereocenters. The first-order valence-electron chi connectivity index (χ1n) is 5.08. The highest BCUT2D eigenvalue weighted by molar-refractivity contribution is 9.10. The van der Waals surface area contributed by atoms with Gasteiger partial charge in [-0.25, -0.2) is 8.78 Å². The maximum atomic E-state index is 13.6. The van der Waals surface area contributed by atoms with Crippen molar-refractivity contribution in [3.05, 3.63) is 56.4 Å². The van der Waals surface area contributed by atoms with Crippen molar-refractivity contribution >= 4 is 33.2 Å². The van der Waals surface area contributed by atoms with E-state index in [4.69, 9.17) is 4.42 Å². The predicted molar refractivity (Wildman–Crippen MR) is 67.4 cm³/mol. The fourth-order valence-corrected chi connectivity index (χ4v) is 1.75. The van der Waals surface area contributed by atoms with Gasteiger partial charge in [-0.1, -0.05) is 0 Å². The number of halogens is 3. The number of hydrogen-bond donors (Lipinski definition) is 1. The molecule has 0 saturated carbocycles. The molecule has 104 valence electrons. The summed E-state index contributed by atoms with van der Waals surface area (Å²) in [5.41, 5.74) is -1.62. The highest BCUT2D eigenvalue weighted by Gasteiger charge is 2.23. The molecule has 1 aromatic heterocycles. The van der Waals surface area contributed by atoms with E-state index in [-0.39, 0.29) is 10.4 Å². The molecule has 0 spiro atoms. The summed E-state index contributed by atoms with van der Waals surface area (Å²) in [7, 11) is 0. The molecule has 2 rings (SSSR count). The van der Waals surface area contributed by atoms with Crippen molar-refractivity contribution < 1.29 is 22.9 Å². The van der Waals surface area contributed by atoms with E-state index in [0.29, 0.717) is 12.1 Å². The van der Waals surface area contributed by atoms with Crippen LogP contribution in [-0.2, 0) is 0 Å². The van der Waals surface area contributed by atoms with Crippen LogP contribution in [0.2, 0.25) is 0 Å². The van der Waals surface area contributed by atoms with E-state index < -0.39 is 33.8 Å². The molecule has 0 aliphatic carbocycles. The summed E-state index contributed by atoms with van der Waals surface area (Å²) < 4.78 is 31.7. The molecule has 1 heterocycles. The van der Waals surface area contributed by atoms with Gasteiger partial charge in [0.2, 0.25) is 0 Å². The summed E-state index contributed by atoms with van der Waals surface area (Å²) in [6.45, 7) is 0. The number of carbonyl (C=O) groups is 1. The van der Waals surface area contributed by atoms with E-state index >= 15 is 0 Å². The molecule has 0 aliphatic rings. The summed E-state index contributed by atoms with van der Waals surface area (Å²) in [5.74, 6) is -3.46. The van der Waals surface area contributed by atoms with Gasteiger partial charge in [-0.15, -0.1) is 0 Å². The Morgan fingerprint density at radius 2 is 2.05 bits per heavy atom. The molecule has 0 aliphatic heterocycles. The molecular formula is C11H5BrF2N2O4. The molecule has 0 fully saturated rings. The quantitative estimate of drug-likeness (QED) is 0.680. The molecule has 20 heavy (non-hydrogen) atoms. The minimum absolute atomic E-state index is 0.185. The van der Waals surface area contributed by atoms with Crippen LogP contribution in [0.25, 0.3) is 0 Å². The van der Waals surface area contributed by atoms with Crippen molar-refractivity contribution in [1.82, 2.24) is 0 Å². The minimum atomic E-state index is -1.25. The monoisotopic (exact) mass is 346 g/mol. The first-order valence-corrected chi connectivity index (χ1v) is 5.88. The lowest BCUT2D eigenvalue weighted by Gasteiger charge is -2.05. The molecule has 0 unspecified atom stereocenters. The van der Waals surface area contributed by atoms with Crippen LogP contribution in [0.5, 0.6) is 0 Å². The second-order valence-electron chi connectivity index (χ2n) is 3.60. The van der Waals surface area contributed by atoms with Crippen LogP contribution in [-0.4, -0.2) is 10.8 Å². The van der Waals surface area contributed by atoms with Crippen LogP contribution in [0.15, 0.2) is 33.4 Å². The Labute approximate surface area is 118 Å². The van der Waals surface area contributed by atoms with Gasteiger partial charge in [0.25, 0.3) is 11.6 Å². The Balaban J connectivity index is 2.38. The molecule has 9 heteroatoms. The summed E-state index contributed by atoms with van der Waals surface area (Å²) in [6, 6.07) is 3.65. The number of hydrogen-bond acceptors (Lipinski definition) is 4. The average Bonchev–Trinajstić information content (AvgIpc) is 2.78. The second kappa shape index (κ2) is 5.37. The van der Waals surface area contributed by atoms with Crippen LogP contribution >= 0.6 is 15.9 Å². The highest BCUT2D eigenvalue weighted by atomic mass is 79.9. The van der Waals surface area contributed by atoms with Crippen molar-refractivity contribution in [3.8, 4) is 0 Å². The molecule has 1 aromatic carbocycles. The van der Waals surface area contributed by atoms with Gasteiger partial charge in [-0.3, -0.25) is 14.9 Å². The zero-order valence-electron chi connectivity index (χ0n) is 9.52. The van der Waals surface area contributed by atoms with Crippen molar-refractivity contribution in [2.45, 2.75) is 0 Å².